The lowest BCUT2D eigenvalue weighted by molar-refractivity contribution is 0.0681. The summed E-state index contributed by atoms with van der Waals surface area (Å²) in [6.45, 7) is 9.02. The van der Waals surface area contributed by atoms with Gasteiger partial charge in [0.15, 0.2) is 0 Å². The highest BCUT2D eigenvalue weighted by atomic mass is 79.9. The molecule has 0 heterocycles. The maximum atomic E-state index is 12.5. The van der Waals surface area contributed by atoms with Gasteiger partial charge in [0, 0.05) is 18.3 Å². The van der Waals surface area contributed by atoms with E-state index in [4.69, 9.17) is 5.73 Å². The predicted octanol–water partition coefficient (Wildman–Crippen LogP) is 3.54. The van der Waals surface area contributed by atoms with Crippen LogP contribution >= 0.6 is 15.9 Å². The van der Waals surface area contributed by atoms with Gasteiger partial charge in [-0.1, -0.05) is 19.9 Å². The molecule has 0 aliphatic rings. The number of anilines is 1. The van der Waals surface area contributed by atoms with Crippen LogP contribution in [0.1, 0.15) is 38.1 Å². The Labute approximate surface area is 117 Å². The maximum Gasteiger partial charge on any atom is 0.255 e. The first-order chi connectivity index (χ1) is 8.34. The molecule has 2 N–H and O–H groups in total. The molecule has 0 aliphatic heterocycles. The van der Waals surface area contributed by atoms with E-state index in [0.29, 0.717) is 21.6 Å². The van der Waals surface area contributed by atoms with Gasteiger partial charge in [0.25, 0.3) is 5.91 Å². The van der Waals surface area contributed by atoms with Crippen molar-refractivity contribution in [1.29, 1.82) is 0 Å². The number of hydrogen-bond donors (Lipinski definition) is 1. The largest absolute Gasteiger partial charge is 0.398 e. The third-order valence-corrected chi connectivity index (χ3v) is 3.59. The molecule has 0 saturated carbocycles. The lowest BCUT2D eigenvalue weighted by atomic mass is 10.1. The summed E-state index contributed by atoms with van der Waals surface area (Å²) >= 11 is 3.39. The van der Waals surface area contributed by atoms with Crippen molar-refractivity contribution in [1.82, 2.24) is 4.90 Å². The molecule has 18 heavy (non-hydrogen) atoms. The Hall–Kier alpha value is -1.03. The molecule has 1 aromatic carbocycles. The van der Waals surface area contributed by atoms with Crippen LogP contribution in [0, 0.1) is 5.92 Å². The van der Waals surface area contributed by atoms with E-state index in [1.807, 2.05) is 18.7 Å². The monoisotopic (exact) mass is 312 g/mol. The van der Waals surface area contributed by atoms with E-state index in [2.05, 4.69) is 29.8 Å². The second-order valence-electron chi connectivity index (χ2n) is 5.15. The second-order valence-corrected chi connectivity index (χ2v) is 5.95. The number of rotatable bonds is 4. The van der Waals surface area contributed by atoms with Crippen LogP contribution < -0.4 is 5.73 Å². The van der Waals surface area contributed by atoms with E-state index in [1.54, 1.807) is 18.2 Å². The zero-order valence-corrected chi connectivity index (χ0v) is 13.0. The number of amides is 1. The van der Waals surface area contributed by atoms with E-state index in [9.17, 15) is 4.79 Å². The molecule has 0 aliphatic carbocycles. The van der Waals surface area contributed by atoms with Gasteiger partial charge in [-0.15, -0.1) is 0 Å². The van der Waals surface area contributed by atoms with Crippen molar-refractivity contribution in [3.05, 3.63) is 28.2 Å². The Bertz CT molecular complexity index is 430. The number of carbonyl (C=O) groups is 1. The maximum absolute atomic E-state index is 12.5. The Morgan fingerprint density at radius 2 is 1.94 bits per heavy atom. The Morgan fingerprint density at radius 3 is 2.44 bits per heavy atom. The normalized spacial score (nSPS) is 11.1. The Kier molecular flexibility index (Phi) is 5.20. The SMILES string of the molecule is CC(C)CN(C(=O)c1cccc(N)c1Br)C(C)C. The molecule has 0 unspecified atom stereocenters. The highest BCUT2D eigenvalue weighted by molar-refractivity contribution is 9.10. The van der Waals surface area contributed by atoms with Crippen LogP contribution in [-0.2, 0) is 0 Å². The molecule has 0 atom stereocenters. The van der Waals surface area contributed by atoms with Gasteiger partial charge >= 0.3 is 0 Å². The average Bonchev–Trinajstić information content (AvgIpc) is 2.28. The average molecular weight is 313 g/mol. The van der Waals surface area contributed by atoms with Crippen LogP contribution in [0.4, 0.5) is 5.69 Å². The van der Waals surface area contributed by atoms with Crippen LogP contribution in [0.3, 0.4) is 0 Å². The minimum Gasteiger partial charge on any atom is -0.398 e. The first-order valence-corrected chi connectivity index (χ1v) is 6.98. The zero-order valence-electron chi connectivity index (χ0n) is 11.4. The summed E-state index contributed by atoms with van der Waals surface area (Å²) in [4.78, 5) is 14.4. The van der Waals surface area contributed by atoms with Crippen LogP contribution in [0.5, 0.6) is 0 Å². The van der Waals surface area contributed by atoms with Crippen molar-refractivity contribution in [3.63, 3.8) is 0 Å². The van der Waals surface area contributed by atoms with Gasteiger partial charge in [0.2, 0.25) is 0 Å². The summed E-state index contributed by atoms with van der Waals surface area (Å²) in [6, 6.07) is 5.57. The van der Waals surface area contributed by atoms with Crippen LogP contribution in [-0.4, -0.2) is 23.4 Å². The fraction of sp³-hybridized carbons (Fsp3) is 0.500. The first kappa shape index (κ1) is 15.0. The van der Waals surface area contributed by atoms with Crippen molar-refractivity contribution < 1.29 is 4.79 Å². The number of nitrogens with zero attached hydrogens (tertiary/aromatic N) is 1. The van der Waals surface area contributed by atoms with Gasteiger partial charge in [-0.2, -0.15) is 0 Å². The van der Waals surface area contributed by atoms with Crippen LogP contribution in [0.2, 0.25) is 0 Å². The fourth-order valence-electron chi connectivity index (χ4n) is 1.79. The van der Waals surface area contributed by atoms with E-state index in [-0.39, 0.29) is 11.9 Å². The first-order valence-electron chi connectivity index (χ1n) is 6.19. The predicted molar refractivity (Wildman–Crippen MR) is 79.6 cm³/mol. The third kappa shape index (κ3) is 3.48. The molecule has 0 fully saturated rings. The van der Waals surface area contributed by atoms with Gasteiger partial charge in [0.05, 0.1) is 10.0 Å². The minimum atomic E-state index is 0.0258. The molecule has 1 aromatic rings. The third-order valence-electron chi connectivity index (χ3n) is 2.71. The quantitative estimate of drug-likeness (QED) is 0.864. The molecule has 100 valence electrons. The summed E-state index contributed by atoms with van der Waals surface area (Å²) < 4.78 is 0.685. The number of benzene rings is 1. The summed E-state index contributed by atoms with van der Waals surface area (Å²) in [5.41, 5.74) is 7.04. The Morgan fingerprint density at radius 1 is 1.33 bits per heavy atom. The summed E-state index contributed by atoms with van der Waals surface area (Å²) in [7, 11) is 0. The molecule has 0 aromatic heterocycles. The zero-order chi connectivity index (χ0) is 13.9. The van der Waals surface area contributed by atoms with Crippen molar-refractivity contribution in [3.8, 4) is 0 Å². The molecule has 0 spiro atoms. The van der Waals surface area contributed by atoms with Gasteiger partial charge < -0.3 is 10.6 Å². The summed E-state index contributed by atoms with van der Waals surface area (Å²) in [6.07, 6.45) is 0. The number of hydrogen-bond acceptors (Lipinski definition) is 2. The molecular formula is C14H21BrN2O. The lowest BCUT2D eigenvalue weighted by Crippen LogP contribution is -2.39. The Balaban J connectivity index is 3.06. The van der Waals surface area contributed by atoms with Gasteiger partial charge in [0.1, 0.15) is 0 Å². The molecule has 0 radical (unpaired) electrons. The molecule has 3 nitrogen and oxygen atoms in total. The standard InChI is InChI=1S/C14H21BrN2O/c1-9(2)8-17(10(3)4)14(18)11-6-5-7-12(16)13(11)15/h5-7,9-10H,8,16H2,1-4H3. The molecule has 4 heteroatoms. The number of carbonyl (C=O) groups excluding carboxylic acids is 1. The molecule has 1 rings (SSSR count). The highest BCUT2D eigenvalue weighted by Gasteiger charge is 2.22. The number of halogens is 1. The van der Waals surface area contributed by atoms with Crippen LogP contribution in [0.15, 0.2) is 22.7 Å². The van der Waals surface area contributed by atoms with Crippen LogP contribution in [0.25, 0.3) is 0 Å². The van der Waals surface area contributed by atoms with Crippen molar-refractivity contribution in [2.45, 2.75) is 33.7 Å². The molecule has 0 saturated heterocycles. The van der Waals surface area contributed by atoms with E-state index >= 15 is 0 Å². The second kappa shape index (κ2) is 6.23. The van der Waals surface area contributed by atoms with Gasteiger partial charge in [-0.05, 0) is 47.8 Å². The number of nitrogens with two attached hydrogens (primary N) is 1. The van der Waals surface area contributed by atoms with Crippen molar-refractivity contribution in [2.75, 3.05) is 12.3 Å². The van der Waals surface area contributed by atoms with Crippen molar-refractivity contribution >= 4 is 27.5 Å². The van der Waals surface area contributed by atoms with E-state index in [0.717, 1.165) is 6.54 Å². The minimum absolute atomic E-state index is 0.0258. The van der Waals surface area contributed by atoms with Gasteiger partial charge in [-0.3, -0.25) is 4.79 Å². The summed E-state index contributed by atoms with van der Waals surface area (Å²) in [5.74, 6) is 0.467. The van der Waals surface area contributed by atoms with Gasteiger partial charge in [-0.25, -0.2) is 0 Å². The van der Waals surface area contributed by atoms with Crippen molar-refractivity contribution in [2.24, 2.45) is 5.92 Å². The number of nitrogen functional groups attached to an aromatic ring is 1. The fourth-order valence-corrected chi connectivity index (χ4v) is 2.23. The molecular weight excluding hydrogens is 292 g/mol. The topological polar surface area (TPSA) is 46.3 Å². The van der Waals surface area contributed by atoms with E-state index < -0.39 is 0 Å². The molecule has 1 amide bonds. The summed E-state index contributed by atoms with van der Waals surface area (Å²) in [5, 5.41) is 0. The lowest BCUT2D eigenvalue weighted by Gasteiger charge is -2.29. The smallest absolute Gasteiger partial charge is 0.255 e. The van der Waals surface area contributed by atoms with E-state index in [1.165, 1.54) is 0 Å². The molecule has 0 bridgehead atoms. The highest BCUT2D eigenvalue weighted by Crippen LogP contribution is 2.25.